The van der Waals surface area contributed by atoms with Gasteiger partial charge < -0.3 is 16.4 Å². The van der Waals surface area contributed by atoms with Crippen LogP contribution in [0.5, 0.6) is 0 Å². The number of nitrogens with two attached hydrogens (primary N) is 1. The van der Waals surface area contributed by atoms with Gasteiger partial charge in [0.2, 0.25) is 11.8 Å². The molecule has 0 bridgehead atoms. The zero-order valence-corrected chi connectivity index (χ0v) is 32.9. The molecule has 0 aromatic heterocycles. The Morgan fingerprint density at radius 3 is 1.20 bits per heavy atom. The summed E-state index contributed by atoms with van der Waals surface area (Å²) in [5, 5.41) is 6.20. The van der Waals surface area contributed by atoms with Crippen LogP contribution < -0.4 is 16.4 Å². The Morgan fingerprint density at radius 2 is 0.873 bits per heavy atom. The van der Waals surface area contributed by atoms with E-state index in [4.69, 9.17) is 5.73 Å². The molecule has 0 saturated heterocycles. The van der Waals surface area contributed by atoms with E-state index in [9.17, 15) is 9.59 Å². The van der Waals surface area contributed by atoms with Crippen LogP contribution in [-0.4, -0.2) is 41.9 Å². The average Bonchev–Trinajstić information content (AvgIpc) is 3.25. The summed E-state index contributed by atoms with van der Waals surface area (Å²) in [5.74, 6) is 0.224. The van der Waals surface area contributed by atoms with E-state index in [1.54, 1.807) is 23.5 Å². The lowest BCUT2D eigenvalue weighted by Gasteiger charge is -2.36. The van der Waals surface area contributed by atoms with Gasteiger partial charge in [0.1, 0.15) is 6.04 Å². The average molecular weight is 764 g/mol. The lowest BCUT2D eigenvalue weighted by Crippen LogP contribution is -2.57. The van der Waals surface area contributed by atoms with Gasteiger partial charge in [0, 0.05) is 18.3 Å². The number of hydrogen-bond donors (Lipinski definition) is 3. The third-order valence-corrected chi connectivity index (χ3v) is 13.0. The lowest BCUT2D eigenvalue weighted by atomic mass is 9.84. The quantitative estimate of drug-likeness (QED) is 0.0601. The van der Waals surface area contributed by atoms with Gasteiger partial charge in [0.25, 0.3) is 0 Å². The molecule has 0 aliphatic heterocycles. The molecule has 0 spiro atoms. The predicted octanol–water partition coefficient (Wildman–Crippen LogP) is 9.17. The van der Waals surface area contributed by atoms with Gasteiger partial charge in [-0.2, -0.15) is 0 Å². The topological polar surface area (TPSA) is 84.2 Å². The van der Waals surface area contributed by atoms with Crippen molar-refractivity contribution in [1.82, 2.24) is 10.6 Å². The second-order valence-corrected chi connectivity index (χ2v) is 16.0. The monoisotopic (exact) mass is 763 g/mol. The van der Waals surface area contributed by atoms with E-state index in [0.717, 1.165) is 39.8 Å². The van der Waals surface area contributed by atoms with Crippen molar-refractivity contribution in [3.63, 3.8) is 0 Å². The van der Waals surface area contributed by atoms with E-state index in [-0.39, 0.29) is 17.6 Å². The first kappa shape index (κ1) is 39.6. The molecule has 0 heterocycles. The van der Waals surface area contributed by atoms with Gasteiger partial charge in [-0.05, 0) is 39.8 Å². The minimum atomic E-state index is -0.875. The smallest absolute Gasteiger partial charge is 0.244 e. The van der Waals surface area contributed by atoms with Crippen LogP contribution in [0.3, 0.4) is 0 Å². The van der Waals surface area contributed by atoms with E-state index in [2.05, 4.69) is 120 Å². The molecule has 7 heteroatoms. The molecule has 6 aromatic rings. The zero-order chi connectivity index (χ0) is 38.4. The van der Waals surface area contributed by atoms with Gasteiger partial charge in [-0.3, -0.25) is 9.59 Å². The van der Waals surface area contributed by atoms with E-state index >= 15 is 0 Å². The largest absolute Gasteiger partial charge is 0.353 e. The van der Waals surface area contributed by atoms with Gasteiger partial charge in [-0.25, -0.2) is 0 Å². The Bertz CT molecular complexity index is 1860. The number of carbonyl (C=O) groups excluding carboxylic acids is 2. The summed E-state index contributed by atoms with van der Waals surface area (Å²) in [7, 11) is 0. The highest BCUT2D eigenvalue weighted by Gasteiger charge is 2.39. The highest BCUT2D eigenvalue weighted by atomic mass is 32.2. The first-order chi connectivity index (χ1) is 27.0. The van der Waals surface area contributed by atoms with Gasteiger partial charge in [0.05, 0.1) is 15.2 Å². The summed E-state index contributed by atoms with van der Waals surface area (Å²) in [6.45, 7) is 2.43. The maximum Gasteiger partial charge on any atom is 0.244 e. The number of hydrogen-bond acceptors (Lipinski definition) is 5. The first-order valence-corrected chi connectivity index (χ1v) is 20.9. The molecular formula is C48H49N3O2S2. The van der Waals surface area contributed by atoms with Crippen molar-refractivity contribution in [2.75, 3.05) is 18.1 Å². The number of nitrogens with one attached hydrogen (secondary N) is 2. The van der Waals surface area contributed by atoms with Crippen molar-refractivity contribution < 1.29 is 9.59 Å². The first-order valence-electron chi connectivity index (χ1n) is 18.9. The van der Waals surface area contributed by atoms with Crippen molar-refractivity contribution in [1.29, 1.82) is 0 Å². The molecule has 55 heavy (non-hydrogen) atoms. The van der Waals surface area contributed by atoms with Crippen LogP contribution in [0.2, 0.25) is 0 Å². The summed E-state index contributed by atoms with van der Waals surface area (Å²) in [4.78, 5) is 27.9. The van der Waals surface area contributed by atoms with Crippen molar-refractivity contribution in [3.8, 4) is 0 Å². The van der Waals surface area contributed by atoms with E-state index in [1.807, 2.05) is 79.7 Å². The summed E-state index contributed by atoms with van der Waals surface area (Å²) < 4.78 is -1.16. The molecule has 6 rings (SSSR count). The Labute approximate surface area is 334 Å². The van der Waals surface area contributed by atoms with Crippen molar-refractivity contribution in [2.24, 2.45) is 5.73 Å². The SMILES string of the molecule is CCCC(N)C(NC(=O)CSC(c1ccccc1)(c1ccccc1)c1ccccc1)C(=O)NCCSC(c1ccccc1)(c1ccccc1)c1ccccc1. The molecule has 2 atom stereocenters. The molecule has 6 aromatic carbocycles. The summed E-state index contributed by atoms with van der Waals surface area (Å²) >= 11 is 3.33. The second-order valence-electron chi connectivity index (χ2n) is 13.5. The Balaban J connectivity index is 1.20. The molecule has 0 aliphatic rings. The highest BCUT2D eigenvalue weighted by molar-refractivity contribution is 8.01. The fourth-order valence-corrected chi connectivity index (χ4v) is 10.0. The number of benzene rings is 6. The molecule has 5 nitrogen and oxygen atoms in total. The fraction of sp³-hybridized carbons (Fsp3) is 0.208. The minimum absolute atomic E-state index is 0.116. The van der Waals surface area contributed by atoms with Gasteiger partial charge in [0.15, 0.2) is 0 Å². The van der Waals surface area contributed by atoms with Crippen LogP contribution in [0.1, 0.15) is 53.1 Å². The van der Waals surface area contributed by atoms with Crippen molar-refractivity contribution >= 4 is 35.3 Å². The van der Waals surface area contributed by atoms with Crippen LogP contribution >= 0.6 is 23.5 Å². The molecule has 2 unspecified atom stereocenters. The second kappa shape index (κ2) is 19.5. The minimum Gasteiger partial charge on any atom is -0.353 e. The number of rotatable bonds is 18. The lowest BCUT2D eigenvalue weighted by molar-refractivity contribution is -0.128. The van der Waals surface area contributed by atoms with Gasteiger partial charge >= 0.3 is 0 Å². The number of amides is 2. The molecule has 0 saturated carbocycles. The van der Waals surface area contributed by atoms with Crippen LogP contribution in [0, 0.1) is 0 Å². The third kappa shape index (κ3) is 9.25. The predicted molar refractivity (Wildman–Crippen MR) is 231 cm³/mol. The van der Waals surface area contributed by atoms with Gasteiger partial charge in [-0.15, -0.1) is 23.5 Å². The van der Waals surface area contributed by atoms with Crippen LogP contribution in [0.25, 0.3) is 0 Å². The Hall–Kier alpha value is -5.08. The molecule has 0 radical (unpaired) electrons. The number of thioether (sulfide) groups is 2. The maximum absolute atomic E-state index is 14.0. The van der Waals surface area contributed by atoms with E-state index in [1.165, 1.54) is 0 Å². The molecule has 0 aliphatic carbocycles. The van der Waals surface area contributed by atoms with Gasteiger partial charge in [-0.1, -0.05) is 195 Å². The highest BCUT2D eigenvalue weighted by Crippen LogP contribution is 2.49. The number of carbonyl (C=O) groups is 2. The van der Waals surface area contributed by atoms with Crippen LogP contribution in [0.4, 0.5) is 0 Å². The van der Waals surface area contributed by atoms with E-state index in [0.29, 0.717) is 18.7 Å². The van der Waals surface area contributed by atoms with Crippen LogP contribution in [-0.2, 0) is 19.1 Å². The molecule has 4 N–H and O–H groups in total. The maximum atomic E-state index is 14.0. The molecule has 280 valence electrons. The normalized spacial score (nSPS) is 12.7. The summed E-state index contributed by atoms with van der Waals surface area (Å²) in [6.07, 6.45) is 1.39. The Morgan fingerprint density at radius 1 is 0.545 bits per heavy atom. The standard InChI is InChI=1S/C48H49N3O2S2/c1-2-21-43(49)45(51-44(52)36-55-48(40-28-15-6-16-29-40,41-30-17-7-18-31-41)42-32-19-8-20-33-42)46(53)50-34-35-54-47(37-22-9-3-10-23-37,38-24-11-4-12-25-38)39-26-13-5-14-27-39/h3-20,22-33,43,45H,2,21,34-36,49H2,1H3,(H,50,53)(H,51,52). The molecular weight excluding hydrogens is 715 g/mol. The summed E-state index contributed by atoms with van der Waals surface area (Å²) in [6, 6.07) is 61.0. The third-order valence-electron chi connectivity index (χ3n) is 9.87. The van der Waals surface area contributed by atoms with Crippen molar-refractivity contribution in [2.45, 2.75) is 41.3 Å². The van der Waals surface area contributed by atoms with Crippen molar-refractivity contribution in [3.05, 3.63) is 215 Å². The van der Waals surface area contributed by atoms with E-state index < -0.39 is 21.6 Å². The zero-order valence-electron chi connectivity index (χ0n) is 31.2. The fourth-order valence-electron chi connectivity index (χ4n) is 7.28. The summed E-state index contributed by atoms with van der Waals surface area (Å²) in [5.41, 5.74) is 13.3. The molecule has 2 amide bonds. The molecule has 0 fully saturated rings. The Kier molecular flexibility index (Phi) is 14.0. The van der Waals surface area contributed by atoms with Crippen LogP contribution in [0.15, 0.2) is 182 Å².